The molecule has 32 heavy (non-hydrogen) atoms. The highest BCUT2D eigenvalue weighted by molar-refractivity contribution is 6.02. The highest BCUT2D eigenvalue weighted by Gasteiger charge is 2.44. The zero-order chi connectivity index (χ0) is 23.5. The van der Waals surface area contributed by atoms with Crippen LogP contribution in [0.15, 0.2) is 24.3 Å². The Labute approximate surface area is 186 Å². The summed E-state index contributed by atoms with van der Waals surface area (Å²) in [6, 6.07) is 6.96. The fourth-order valence-electron chi connectivity index (χ4n) is 3.47. The second kappa shape index (κ2) is 9.66. The molecule has 2 atom stereocenters. The molecule has 1 aromatic rings. The quantitative estimate of drug-likeness (QED) is 0.615. The van der Waals surface area contributed by atoms with Crippen molar-refractivity contribution < 1.29 is 38.1 Å². The summed E-state index contributed by atoms with van der Waals surface area (Å²) in [4.78, 5) is 52.8. The van der Waals surface area contributed by atoms with Crippen LogP contribution in [0.5, 0.6) is 0 Å². The Bertz CT molecular complexity index is 894. The Morgan fingerprint density at radius 1 is 1.09 bits per heavy atom. The van der Waals surface area contributed by atoms with Gasteiger partial charge in [-0.25, -0.2) is 4.79 Å². The summed E-state index contributed by atoms with van der Waals surface area (Å²) < 4.78 is 21.2. The number of ether oxygens (including phenoxy) is 4. The lowest BCUT2D eigenvalue weighted by atomic mass is 10.1. The molecule has 174 valence electrons. The highest BCUT2D eigenvalue weighted by Crippen LogP contribution is 2.27. The number of hydrogen-bond donors (Lipinski definition) is 0. The first-order valence-corrected chi connectivity index (χ1v) is 10.4. The molecule has 0 radical (unpaired) electrons. The Hall–Kier alpha value is -2.98. The zero-order valence-corrected chi connectivity index (χ0v) is 18.7. The summed E-state index contributed by atoms with van der Waals surface area (Å²) in [6.07, 6.45) is -2.89. The number of hydrogen-bond acceptors (Lipinski definition) is 8. The van der Waals surface area contributed by atoms with Crippen molar-refractivity contribution in [2.45, 2.75) is 45.5 Å². The summed E-state index contributed by atoms with van der Waals surface area (Å²) in [7, 11) is 0. The van der Waals surface area contributed by atoms with Crippen molar-refractivity contribution >= 4 is 35.1 Å². The van der Waals surface area contributed by atoms with Gasteiger partial charge in [-0.2, -0.15) is 0 Å². The number of rotatable bonds is 5. The Morgan fingerprint density at radius 2 is 1.75 bits per heavy atom. The zero-order valence-electron chi connectivity index (χ0n) is 18.7. The van der Waals surface area contributed by atoms with Gasteiger partial charge in [-0.3, -0.25) is 14.4 Å². The minimum atomic E-state index is -1.54. The van der Waals surface area contributed by atoms with E-state index in [0.29, 0.717) is 24.5 Å². The molecular weight excluding hydrogens is 420 g/mol. The van der Waals surface area contributed by atoms with Crippen LogP contribution in [0.25, 0.3) is 0 Å². The van der Waals surface area contributed by atoms with Crippen LogP contribution in [-0.2, 0) is 38.1 Å². The van der Waals surface area contributed by atoms with Gasteiger partial charge in [0.2, 0.25) is 6.10 Å². The van der Waals surface area contributed by atoms with Crippen LogP contribution < -0.4 is 9.80 Å². The van der Waals surface area contributed by atoms with Gasteiger partial charge in [0.25, 0.3) is 11.8 Å². The van der Waals surface area contributed by atoms with Crippen LogP contribution in [0.1, 0.15) is 27.7 Å². The van der Waals surface area contributed by atoms with Gasteiger partial charge in [0, 0.05) is 31.4 Å². The smallest absolute Gasteiger partial charge is 0.351 e. The van der Waals surface area contributed by atoms with Crippen molar-refractivity contribution in [2.24, 2.45) is 0 Å². The van der Waals surface area contributed by atoms with E-state index in [1.807, 2.05) is 0 Å². The number of nitrogens with zero attached hydrogens (tertiary/aromatic N) is 2. The Morgan fingerprint density at radius 3 is 2.38 bits per heavy atom. The summed E-state index contributed by atoms with van der Waals surface area (Å²) in [5.74, 6) is -2.30. The lowest BCUT2D eigenvalue weighted by molar-refractivity contribution is -0.188. The lowest BCUT2D eigenvalue weighted by Crippen LogP contribution is -2.56. The first-order valence-electron chi connectivity index (χ1n) is 10.4. The van der Waals surface area contributed by atoms with Gasteiger partial charge in [-0.1, -0.05) is 6.07 Å². The number of morpholine rings is 2. The van der Waals surface area contributed by atoms with Gasteiger partial charge >= 0.3 is 11.9 Å². The molecule has 3 rings (SSSR count). The molecular formula is C22H28N2O8. The monoisotopic (exact) mass is 448 g/mol. The van der Waals surface area contributed by atoms with E-state index < -0.39 is 35.7 Å². The fourth-order valence-corrected chi connectivity index (χ4v) is 3.47. The van der Waals surface area contributed by atoms with E-state index in [4.69, 9.17) is 18.9 Å². The first kappa shape index (κ1) is 23.7. The fraction of sp³-hybridized carbons (Fsp3) is 0.545. The second-order valence-electron chi connectivity index (χ2n) is 8.46. The van der Waals surface area contributed by atoms with E-state index in [2.05, 4.69) is 0 Å². The SMILES string of the molecule is CC(=O)OC(C(=O)OC(C)(C)C)[C@H]1OCCN(c2cccc(N3CCOCC3=O)c2)C1=O. The predicted octanol–water partition coefficient (Wildman–Crippen LogP) is 1.05. The maximum absolute atomic E-state index is 13.3. The molecule has 2 amide bonds. The van der Waals surface area contributed by atoms with Gasteiger partial charge in [-0.05, 0) is 39.0 Å². The molecule has 2 fully saturated rings. The average molecular weight is 448 g/mol. The Balaban J connectivity index is 1.84. The van der Waals surface area contributed by atoms with Gasteiger partial charge in [0.1, 0.15) is 12.2 Å². The van der Waals surface area contributed by atoms with E-state index in [0.717, 1.165) is 6.92 Å². The largest absolute Gasteiger partial charge is 0.457 e. The van der Waals surface area contributed by atoms with Crippen LogP contribution in [-0.4, -0.2) is 74.5 Å². The molecule has 0 aromatic heterocycles. The molecule has 0 bridgehead atoms. The van der Waals surface area contributed by atoms with Crippen molar-refractivity contribution in [1.29, 1.82) is 0 Å². The van der Waals surface area contributed by atoms with Crippen molar-refractivity contribution in [3.63, 3.8) is 0 Å². The molecule has 10 nitrogen and oxygen atoms in total. The van der Waals surface area contributed by atoms with E-state index in [9.17, 15) is 19.2 Å². The lowest BCUT2D eigenvalue weighted by Gasteiger charge is -2.36. The summed E-state index contributed by atoms with van der Waals surface area (Å²) in [6.45, 7) is 7.35. The van der Waals surface area contributed by atoms with Gasteiger partial charge in [-0.15, -0.1) is 0 Å². The van der Waals surface area contributed by atoms with Gasteiger partial charge in [0.15, 0.2) is 6.10 Å². The molecule has 2 saturated heterocycles. The molecule has 1 aromatic carbocycles. The van der Waals surface area contributed by atoms with E-state index in [1.165, 1.54) is 4.90 Å². The van der Waals surface area contributed by atoms with Crippen molar-refractivity contribution in [3.8, 4) is 0 Å². The van der Waals surface area contributed by atoms with E-state index in [1.54, 1.807) is 49.9 Å². The first-order chi connectivity index (χ1) is 15.1. The standard InChI is InChI=1S/C22H28N2O8/c1-14(25)31-19(21(28)32-22(2,3)4)18-20(27)24(9-11-30-18)16-7-5-6-15(12-16)23-8-10-29-13-17(23)26/h5-7,12,18-19H,8-11,13H2,1-4H3/t18-,19?/m1/s1. The summed E-state index contributed by atoms with van der Waals surface area (Å²) in [5.41, 5.74) is 0.326. The molecule has 0 N–H and O–H groups in total. The Kier molecular flexibility index (Phi) is 7.15. The van der Waals surface area contributed by atoms with E-state index in [-0.39, 0.29) is 25.7 Å². The third-order valence-corrected chi connectivity index (χ3v) is 4.77. The van der Waals surface area contributed by atoms with Gasteiger partial charge in [0.05, 0.1) is 13.2 Å². The minimum Gasteiger partial charge on any atom is -0.457 e. The molecule has 0 aliphatic carbocycles. The number of carbonyl (C=O) groups excluding carboxylic acids is 4. The van der Waals surface area contributed by atoms with Crippen LogP contribution in [0.4, 0.5) is 11.4 Å². The summed E-state index contributed by atoms with van der Waals surface area (Å²) in [5, 5.41) is 0. The maximum Gasteiger partial charge on any atom is 0.351 e. The molecule has 0 saturated carbocycles. The number of esters is 2. The number of amides is 2. The normalized spacial score (nSPS) is 20.7. The third-order valence-electron chi connectivity index (χ3n) is 4.77. The molecule has 1 unspecified atom stereocenters. The van der Waals surface area contributed by atoms with Crippen LogP contribution >= 0.6 is 0 Å². The van der Waals surface area contributed by atoms with Crippen molar-refractivity contribution in [1.82, 2.24) is 0 Å². The molecule has 2 aliphatic heterocycles. The maximum atomic E-state index is 13.3. The topological polar surface area (TPSA) is 112 Å². The van der Waals surface area contributed by atoms with Gasteiger partial charge < -0.3 is 28.7 Å². The minimum absolute atomic E-state index is 0.00272. The van der Waals surface area contributed by atoms with Crippen molar-refractivity contribution in [2.75, 3.05) is 42.7 Å². The second-order valence-corrected chi connectivity index (χ2v) is 8.46. The summed E-state index contributed by atoms with van der Waals surface area (Å²) >= 11 is 0. The predicted molar refractivity (Wildman–Crippen MR) is 113 cm³/mol. The van der Waals surface area contributed by atoms with Crippen molar-refractivity contribution in [3.05, 3.63) is 24.3 Å². The number of anilines is 2. The number of benzene rings is 1. The van der Waals surface area contributed by atoms with Crippen LogP contribution in [0.2, 0.25) is 0 Å². The highest BCUT2D eigenvalue weighted by atomic mass is 16.6. The third kappa shape index (κ3) is 5.63. The van der Waals surface area contributed by atoms with Crippen LogP contribution in [0.3, 0.4) is 0 Å². The molecule has 10 heteroatoms. The molecule has 0 spiro atoms. The van der Waals surface area contributed by atoms with E-state index >= 15 is 0 Å². The van der Waals surface area contributed by atoms with Crippen LogP contribution in [0, 0.1) is 0 Å². The average Bonchev–Trinajstić information content (AvgIpc) is 2.71. The molecule has 2 aliphatic rings. The molecule has 2 heterocycles. The number of carbonyl (C=O) groups is 4.